The maximum absolute atomic E-state index is 13.4. The van der Waals surface area contributed by atoms with Gasteiger partial charge in [-0.05, 0) is 0 Å². The quantitative estimate of drug-likeness (QED) is 0.0444. The Morgan fingerprint density at radius 3 is 1.74 bits per heavy atom. The van der Waals surface area contributed by atoms with E-state index in [1.807, 2.05) is 25.7 Å². The van der Waals surface area contributed by atoms with Crippen molar-refractivity contribution in [3.8, 4) is 0 Å². The van der Waals surface area contributed by atoms with Crippen molar-refractivity contribution in [1.29, 1.82) is 0 Å². The van der Waals surface area contributed by atoms with Gasteiger partial charge in [-0.1, -0.05) is 20.8 Å². The van der Waals surface area contributed by atoms with Crippen LogP contribution in [0.4, 0.5) is 0 Å². The molecule has 0 spiro atoms. The summed E-state index contributed by atoms with van der Waals surface area (Å²) in [4.78, 5) is 63.1. The number of carbonyl (C=O) groups excluding carboxylic acids is 3. The molecule has 2 rings (SSSR count). The number of aliphatic imine (C=N–C) groups is 3. The third kappa shape index (κ3) is 13.6. The molecule has 2 heterocycles. The Morgan fingerprint density at radius 2 is 1.26 bits per heavy atom. The van der Waals surface area contributed by atoms with Crippen LogP contribution in [0.1, 0.15) is 32.4 Å². The van der Waals surface area contributed by atoms with Crippen molar-refractivity contribution in [1.82, 2.24) is 34.2 Å². The second kappa shape index (κ2) is 17.9. The molecule has 0 bridgehead atoms. The van der Waals surface area contributed by atoms with Gasteiger partial charge in [0.05, 0.1) is 39.3 Å². The molecule has 254 valence electrons. The first-order valence-corrected chi connectivity index (χ1v) is 14.6. The predicted octanol–water partition coefficient (Wildman–Crippen LogP) is -3.54. The molecule has 0 aromatic carbocycles. The van der Waals surface area contributed by atoms with E-state index in [0.29, 0.717) is 11.6 Å². The molecule has 0 unspecified atom stereocenters. The summed E-state index contributed by atoms with van der Waals surface area (Å²) in [6.07, 6.45) is 6.55. The van der Waals surface area contributed by atoms with Gasteiger partial charge in [0.25, 0.3) is 0 Å². The molecule has 0 radical (unpaired) electrons. The summed E-state index contributed by atoms with van der Waals surface area (Å²) in [5, 5.41) is 2.75. The van der Waals surface area contributed by atoms with E-state index in [9.17, 15) is 14.4 Å². The third-order valence-electron chi connectivity index (χ3n) is 6.57. The third-order valence-corrected chi connectivity index (χ3v) is 6.57. The van der Waals surface area contributed by atoms with Crippen LogP contribution < -0.4 is 39.7 Å². The lowest BCUT2D eigenvalue weighted by Crippen LogP contribution is -2.39. The molecular weight excluding hydrogens is 596 g/mol. The number of nitrogens with zero attached hydrogens (tertiary/aromatic N) is 9. The van der Waals surface area contributed by atoms with Crippen LogP contribution in [-0.2, 0) is 40.6 Å². The van der Waals surface area contributed by atoms with Crippen molar-refractivity contribution in [2.45, 2.75) is 47.0 Å². The highest BCUT2D eigenvalue weighted by Gasteiger charge is 2.26. The predicted molar refractivity (Wildman–Crippen MR) is 175 cm³/mol. The maximum atomic E-state index is 13.4. The van der Waals surface area contributed by atoms with Gasteiger partial charge >= 0.3 is 0 Å². The summed E-state index contributed by atoms with van der Waals surface area (Å²) in [5.41, 5.74) is 31.8. The van der Waals surface area contributed by atoms with Gasteiger partial charge in [-0.15, -0.1) is 0 Å². The fraction of sp³-hybridized carbons (Fsp3) is 0.556. The molecule has 0 atom stereocenters. The second-order valence-electron chi connectivity index (χ2n) is 11.4. The highest BCUT2D eigenvalue weighted by atomic mass is 16.2. The normalized spacial score (nSPS) is 11.1. The molecule has 0 saturated carbocycles. The van der Waals surface area contributed by atoms with Crippen LogP contribution >= 0.6 is 0 Å². The molecule has 0 saturated heterocycles. The highest BCUT2D eigenvalue weighted by molar-refractivity contribution is 5.85. The molecule has 2 aromatic heterocycles. The van der Waals surface area contributed by atoms with E-state index >= 15 is 0 Å². The maximum Gasteiger partial charge on any atom is 0.242 e. The number of nitrogens with one attached hydrogen (secondary N) is 1. The first kappa shape index (κ1) is 37.0. The number of Topliss-reactive ketones (excluding diaryl/α,β-unsaturated/α-hetero) is 1. The van der Waals surface area contributed by atoms with Gasteiger partial charge in [-0.3, -0.25) is 34.3 Å². The molecular formula is C27H48N16O3. The van der Waals surface area contributed by atoms with Gasteiger partial charge in [-0.2, -0.15) is 0 Å². The van der Waals surface area contributed by atoms with E-state index in [1.54, 1.807) is 38.8 Å². The number of rotatable bonds is 19. The van der Waals surface area contributed by atoms with E-state index in [1.165, 1.54) is 0 Å². The van der Waals surface area contributed by atoms with E-state index in [-0.39, 0.29) is 107 Å². The smallest absolute Gasteiger partial charge is 0.242 e. The highest BCUT2D eigenvalue weighted by Crippen LogP contribution is 2.17. The molecule has 13 N–H and O–H groups in total. The van der Waals surface area contributed by atoms with Crippen LogP contribution in [0.15, 0.2) is 39.8 Å². The van der Waals surface area contributed by atoms with Crippen molar-refractivity contribution in [3.05, 3.63) is 36.4 Å². The Balaban J connectivity index is 2.21. The van der Waals surface area contributed by atoms with Crippen LogP contribution in [0.2, 0.25) is 0 Å². The van der Waals surface area contributed by atoms with Crippen molar-refractivity contribution in [2.24, 2.45) is 54.8 Å². The number of imidazole rings is 2. The lowest BCUT2D eigenvalue weighted by atomic mass is 9.90. The van der Waals surface area contributed by atoms with Crippen molar-refractivity contribution in [3.63, 3.8) is 0 Å². The van der Waals surface area contributed by atoms with Gasteiger partial charge < -0.3 is 53.8 Å². The molecule has 2 aromatic rings. The van der Waals surface area contributed by atoms with Gasteiger partial charge in [0.2, 0.25) is 11.8 Å². The largest absolute Gasteiger partial charge is 0.370 e. The van der Waals surface area contributed by atoms with Crippen molar-refractivity contribution in [2.75, 3.05) is 45.8 Å². The summed E-state index contributed by atoms with van der Waals surface area (Å²) >= 11 is 0. The molecule has 0 aliphatic carbocycles. The minimum atomic E-state index is -0.598. The molecule has 0 aliphatic heterocycles. The number of hydrogen-bond acceptors (Lipinski definition) is 9. The lowest BCUT2D eigenvalue weighted by Gasteiger charge is -2.26. The van der Waals surface area contributed by atoms with E-state index in [2.05, 4.69) is 30.3 Å². The summed E-state index contributed by atoms with van der Waals surface area (Å²) in [7, 11) is 0. The first-order chi connectivity index (χ1) is 21.6. The fourth-order valence-corrected chi connectivity index (χ4v) is 4.08. The zero-order valence-corrected chi connectivity index (χ0v) is 26.8. The summed E-state index contributed by atoms with van der Waals surface area (Å²) in [6, 6.07) is 0. The van der Waals surface area contributed by atoms with E-state index in [4.69, 9.17) is 34.4 Å². The minimum Gasteiger partial charge on any atom is -0.370 e. The van der Waals surface area contributed by atoms with E-state index in [0.717, 1.165) is 0 Å². The van der Waals surface area contributed by atoms with Crippen LogP contribution in [0, 0.1) is 5.41 Å². The Hall–Kier alpha value is -5.20. The molecule has 19 heteroatoms. The average Bonchev–Trinajstić information content (AvgIpc) is 3.57. The number of carbonyl (C=O) groups is 3. The molecule has 19 nitrogen and oxygen atoms in total. The number of guanidine groups is 3. The van der Waals surface area contributed by atoms with Crippen molar-refractivity contribution >= 4 is 35.5 Å². The van der Waals surface area contributed by atoms with Gasteiger partial charge in [0.1, 0.15) is 24.7 Å². The van der Waals surface area contributed by atoms with Crippen LogP contribution in [-0.4, -0.2) is 110 Å². The average molecular weight is 645 g/mol. The number of ketones is 1. The Labute approximate surface area is 268 Å². The molecule has 46 heavy (non-hydrogen) atoms. The Bertz CT molecular complexity index is 1350. The summed E-state index contributed by atoms with van der Waals surface area (Å²) < 4.78 is 3.41. The minimum absolute atomic E-state index is 0.00269. The number of nitrogens with two attached hydrogens (primary N) is 6. The van der Waals surface area contributed by atoms with Crippen LogP contribution in [0.5, 0.6) is 0 Å². The SMILES string of the molecule is CC(C)(C)C(=O)CN(Cc1nccn1CC(=O)NCCN=C(N)N)Cc1nccn1CC(=O)N(CCN=C(N)N)CCN=C(N)N. The molecule has 2 amide bonds. The van der Waals surface area contributed by atoms with Crippen LogP contribution in [0.25, 0.3) is 0 Å². The second-order valence-corrected chi connectivity index (χ2v) is 11.4. The summed E-state index contributed by atoms with van der Waals surface area (Å²) in [5.74, 6) is 0.437. The number of amides is 2. The summed E-state index contributed by atoms with van der Waals surface area (Å²) in [6.45, 7) is 7.50. The zero-order chi connectivity index (χ0) is 34.3. The Morgan fingerprint density at radius 1 is 0.783 bits per heavy atom. The van der Waals surface area contributed by atoms with E-state index < -0.39 is 5.41 Å². The van der Waals surface area contributed by atoms with Gasteiger partial charge in [0.15, 0.2) is 23.7 Å². The van der Waals surface area contributed by atoms with Crippen molar-refractivity contribution < 1.29 is 14.4 Å². The molecule has 0 fully saturated rings. The standard InChI is InChI=1S/C27H48N16O3/c1-27(2,3)19(44)14-40(15-20-34-6-12-42(20)17-22(45)36-4-5-37-24(28)29)16-21-35-7-13-43(21)18-23(46)41(10-8-38-25(30)31)11-9-39-26(32)33/h6-7,12-13H,4-5,8-11,14-18H2,1-3H3,(H,36,45)(H4,28,29,37)(H4,30,31,38)(H4,32,33,39). The monoisotopic (exact) mass is 644 g/mol. The lowest BCUT2D eigenvalue weighted by molar-refractivity contribution is -0.132. The van der Waals surface area contributed by atoms with Gasteiger partial charge in [0, 0.05) is 49.8 Å². The fourth-order valence-electron chi connectivity index (χ4n) is 4.08. The Kier molecular flexibility index (Phi) is 14.4. The topological polar surface area (TPSA) is 299 Å². The number of hydrogen-bond donors (Lipinski definition) is 7. The van der Waals surface area contributed by atoms with Crippen LogP contribution in [0.3, 0.4) is 0 Å². The zero-order valence-electron chi connectivity index (χ0n) is 26.8. The van der Waals surface area contributed by atoms with Gasteiger partial charge in [-0.25, -0.2) is 9.97 Å². The molecule has 0 aliphatic rings. The number of aromatic nitrogens is 4. The first-order valence-electron chi connectivity index (χ1n) is 14.6.